The second-order valence-corrected chi connectivity index (χ2v) is 7.06. The molecule has 0 fully saturated rings. The van der Waals surface area contributed by atoms with Gasteiger partial charge in [0.1, 0.15) is 5.82 Å². The van der Waals surface area contributed by atoms with E-state index in [1.807, 2.05) is 0 Å². The smallest absolute Gasteiger partial charge is 0.238 e. The molecule has 0 saturated carbocycles. The first-order valence-corrected chi connectivity index (χ1v) is 8.97. The van der Waals surface area contributed by atoms with Gasteiger partial charge in [0.05, 0.1) is 10.9 Å². The summed E-state index contributed by atoms with van der Waals surface area (Å²) in [5.74, 6) is -0.565. The van der Waals surface area contributed by atoms with Crippen molar-refractivity contribution in [1.82, 2.24) is 5.32 Å². The zero-order chi connectivity index (χ0) is 17.7. The Bertz CT molecular complexity index is 820. The van der Waals surface area contributed by atoms with Crippen LogP contribution in [0.2, 0.25) is 0 Å². The summed E-state index contributed by atoms with van der Waals surface area (Å²) in [7, 11) is -3.72. The minimum absolute atomic E-state index is 0.0314. The molecule has 0 aliphatic rings. The van der Waals surface area contributed by atoms with E-state index >= 15 is 0 Å². The zero-order valence-corrected chi connectivity index (χ0v) is 14.0. The predicted octanol–water partition coefficient (Wildman–Crippen LogP) is 2.28. The van der Waals surface area contributed by atoms with Crippen molar-refractivity contribution in [2.24, 2.45) is 5.14 Å². The van der Waals surface area contributed by atoms with Crippen LogP contribution >= 0.6 is 0 Å². The topological polar surface area (TPSA) is 89.3 Å². The average molecular weight is 350 g/mol. The number of halogens is 1. The Balaban J connectivity index is 1.90. The number of hydrogen-bond donors (Lipinski definition) is 2. The van der Waals surface area contributed by atoms with Gasteiger partial charge >= 0.3 is 0 Å². The van der Waals surface area contributed by atoms with Crippen LogP contribution in [0.3, 0.4) is 0 Å². The number of benzene rings is 2. The van der Waals surface area contributed by atoms with Crippen LogP contribution < -0.4 is 10.5 Å². The number of nitrogens with two attached hydrogens (primary N) is 1. The fourth-order valence-electron chi connectivity index (χ4n) is 2.32. The van der Waals surface area contributed by atoms with E-state index in [-0.39, 0.29) is 23.0 Å². The molecule has 1 amide bonds. The third-order valence-corrected chi connectivity index (χ3v) is 4.57. The maximum absolute atomic E-state index is 13.7. The number of rotatable bonds is 6. The molecular formula is C17H19FN2O3S. The van der Waals surface area contributed by atoms with Crippen molar-refractivity contribution < 1.29 is 17.6 Å². The molecule has 3 N–H and O–H groups in total. The van der Waals surface area contributed by atoms with Crippen LogP contribution in [-0.4, -0.2) is 14.3 Å². The third-order valence-electron chi connectivity index (χ3n) is 3.64. The Kier molecular flexibility index (Phi) is 5.69. The Hall–Kier alpha value is -2.25. The predicted molar refractivity (Wildman–Crippen MR) is 89.1 cm³/mol. The van der Waals surface area contributed by atoms with E-state index in [4.69, 9.17) is 5.14 Å². The van der Waals surface area contributed by atoms with Gasteiger partial charge in [0, 0.05) is 12.0 Å². The molecule has 1 unspecified atom stereocenters. The molecule has 128 valence electrons. The van der Waals surface area contributed by atoms with E-state index in [1.165, 1.54) is 18.2 Å². The summed E-state index contributed by atoms with van der Waals surface area (Å²) >= 11 is 0. The minimum atomic E-state index is -3.72. The van der Waals surface area contributed by atoms with Gasteiger partial charge in [-0.25, -0.2) is 17.9 Å². The maximum Gasteiger partial charge on any atom is 0.238 e. The molecule has 2 aromatic rings. The van der Waals surface area contributed by atoms with Crippen LogP contribution in [0.15, 0.2) is 53.4 Å². The number of sulfonamides is 1. The molecule has 0 saturated heterocycles. The molecule has 1 atom stereocenters. The summed E-state index contributed by atoms with van der Waals surface area (Å²) in [4.78, 5) is 12.0. The van der Waals surface area contributed by atoms with Crippen LogP contribution in [-0.2, 0) is 21.2 Å². The number of aryl methyl sites for hydroxylation is 1. The van der Waals surface area contributed by atoms with E-state index in [0.29, 0.717) is 12.0 Å². The summed E-state index contributed by atoms with van der Waals surface area (Å²) in [5, 5.41) is 7.78. The first-order valence-electron chi connectivity index (χ1n) is 7.43. The van der Waals surface area contributed by atoms with Gasteiger partial charge in [-0.3, -0.25) is 4.79 Å². The average Bonchev–Trinajstić information content (AvgIpc) is 2.53. The van der Waals surface area contributed by atoms with Gasteiger partial charge in [-0.2, -0.15) is 0 Å². The fraction of sp³-hybridized carbons (Fsp3) is 0.235. The number of carbonyl (C=O) groups excluding carboxylic acids is 1. The quantitative estimate of drug-likeness (QED) is 0.837. The molecule has 5 nitrogen and oxygen atoms in total. The Morgan fingerprint density at radius 2 is 1.79 bits per heavy atom. The van der Waals surface area contributed by atoms with Gasteiger partial charge in [-0.1, -0.05) is 30.3 Å². The van der Waals surface area contributed by atoms with E-state index < -0.39 is 16.1 Å². The van der Waals surface area contributed by atoms with Gasteiger partial charge in [0.15, 0.2) is 0 Å². The Morgan fingerprint density at radius 3 is 2.38 bits per heavy atom. The molecule has 0 aliphatic heterocycles. The van der Waals surface area contributed by atoms with E-state index in [0.717, 1.165) is 5.56 Å². The lowest BCUT2D eigenvalue weighted by Gasteiger charge is -2.15. The van der Waals surface area contributed by atoms with Gasteiger partial charge in [0.25, 0.3) is 0 Å². The highest BCUT2D eigenvalue weighted by molar-refractivity contribution is 7.89. The maximum atomic E-state index is 13.7. The molecule has 24 heavy (non-hydrogen) atoms. The lowest BCUT2D eigenvalue weighted by molar-refractivity contribution is -0.121. The van der Waals surface area contributed by atoms with Crippen molar-refractivity contribution in [2.75, 3.05) is 0 Å². The molecular weight excluding hydrogens is 331 g/mol. The molecule has 0 spiro atoms. The SMILES string of the molecule is CC(NC(=O)CCc1ccc(S(N)(=O)=O)cc1)c1ccccc1F. The molecule has 0 aliphatic carbocycles. The summed E-state index contributed by atoms with van der Waals surface area (Å²) in [5.41, 5.74) is 1.25. The normalized spacial score (nSPS) is 12.6. The van der Waals surface area contributed by atoms with Gasteiger partial charge in [-0.05, 0) is 37.1 Å². The Morgan fingerprint density at radius 1 is 1.17 bits per heavy atom. The molecule has 0 heterocycles. The molecule has 0 radical (unpaired) electrons. The van der Waals surface area contributed by atoms with Crippen molar-refractivity contribution in [3.63, 3.8) is 0 Å². The number of carbonyl (C=O) groups is 1. The first-order chi connectivity index (χ1) is 11.3. The molecule has 0 aromatic heterocycles. The molecule has 2 aromatic carbocycles. The number of primary sulfonamides is 1. The van der Waals surface area contributed by atoms with Crippen molar-refractivity contribution in [1.29, 1.82) is 0 Å². The Labute approximate surface area is 140 Å². The van der Waals surface area contributed by atoms with Crippen molar-refractivity contribution in [3.8, 4) is 0 Å². The number of nitrogens with one attached hydrogen (secondary N) is 1. The van der Waals surface area contributed by atoms with Crippen molar-refractivity contribution in [3.05, 3.63) is 65.5 Å². The minimum Gasteiger partial charge on any atom is -0.349 e. The monoisotopic (exact) mass is 350 g/mol. The number of amides is 1. The molecule has 7 heteroatoms. The lowest BCUT2D eigenvalue weighted by Crippen LogP contribution is -2.27. The van der Waals surface area contributed by atoms with E-state index in [2.05, 4.69) is 5.32 Å². The van der Waals surface area contributed by atoms with Crippen LogP contribution in [0.1, 0.15) is 30.5 Å². The fourth-order valence-corrected chi connectivity index (χ4v) is 2.84. The highest BCUT2D eigenvalue weighted by Crippen LogP contribution is 2.16. The van der Waals surface area contributed by atoms with Crippen molar-refractivity contribution in [2.45, 2.75) is 30.7 Å². The van der Waals surface area contributed by atoms with Crippen LogP contribution in [0.5, 0.6) is 0 Å². The largest absolute Gasteiger partial charge is 0.349 e. The standard InChI is InChI=1S/C17H19FN2O3S/c1-12(15-4-2-3-5-16(15)18)20-17(21)11-8-13-6-9-14(10-7-13)24(19,22)23/h2-7,9-10,12H,8,11H2,1H3,(H,20,21)(H2,19,22,23). The van der Waals surface area contributed by atoms with Crippen molar-refractivity contribution >= 4 is 15.9 Å². The van der Waals surface area contributed by atoms with E-state index in [9.17, 15) is 17.6 Å². The van der Waals surface area contributed by atoms with Gasteiger partial charge in [-0.15, -0.1) is 0 Å². The molecule has 0 bridgehead atoms. The number of hydrogen-bond acceptors (Lipinski definition) is 3. The summed E-state index contributed by atoms with van der Waals surface area (Å²) in [6.07, 6.45) is 0.661. The highest BCUT2D eigenvalue weighted by Gasteiger charge is 2.13. The van der Waals surface area contributed by atoms with Crippen LogP contribution in [0.4, 0.5) is 4.39 Å². The lowest BCUT2D eigenvalue weighted by atomic mass is 10.1. The van der Waals surface area contributed by atoms with E-state index in [1.54, 1.807) is 37.3 Å². The summed E-state index contributed by atoms with van der Waals surface area (Å²) in [6, 6.07) is 11.9. The third kappa shape index (κ3) is 4.87. The summed E-state index contributed by atoms with van der Waals surface area (Å²) in [6.45, 7) is 1.72. The summed E-state index contributed by atoms with van der Waals surface area (Å²) < 4.78 is 36.0. The van der Waals surface area contributed by atoms with Crippen LogP contribution in [0.25, 0.3) is 0 Å². The first kappa shape index (κ1) is 18.1. The zero-order valence-electron chi connectivity index (χ0n) is 13.2. The second kappa shape index (κ2) is 7.55. The van der Waals surface area contributed by atoms with Crippen LogP contribution in [0, 0.1) is 5.82 Å². The molecule has 2 rings (SSSR count). The highest BCUT2D eigenvalue weighted by atomic mass is 32.2. The van der Waals surface area contributed by atoms with Gasteiger partial charge in [0.2, 0.25) is 15.9 Å². The van der Waals surface area contributed by atoms with Gasteiger partial charge < -0.3 is 5.32 Å². The second-order valence-electron chi connectivity index (χ2n) is 5.50.